The lowest BCUT2D eigenvalue weighted by Gasteiger charge is -2.35. The minimum Gasteiger partial charge on any atom is -0.310 e. The van der Waals surface area contributed by atoms with Gasteiger partial charge in [0.1, 0.15) is 0 Å². The van der Waals surface area contributed by atoms with Crippen LogP contribution in [0.4, 0.5) is 17.1 Å². The molecule has 1 aliphatic carbocycles. The number of hydrogen-bond donors (Lipinski definition) is 0. The van der Waals surface area contributed by atoms with E-state index in [9.17, 15) is 0 Å². The van der Waals surface area contributed by atoms with Gasteiger partial charge in [-0.1, -0.05) is 176 Å². The van der Waals surface area contributed by atoms with Crippen molar-refractivity contribution in [2.45, 2.75) is 5.41 Å². The largest absolute Gasteiger partial charge is 0.310 e. The normalized spacial score (nSPS) is 12.7. The van der Waals surface area contributed by atoms with E-state index >= 15 is 0 Å². The predicted octanol–water partition coefficient (Wildman–Crippen LogP) is 15.4. The summed E-state index contributed by atoms with van der Waals surface area (Å²) in [5.74, 6) is 0. The Morgan fingerprint density at radius 2 is 0.869 bits per heavy atom. The van der Waals surface area contributed by atoms with Gasteiger partial charge in [-0.05, 0) is 122 Å². The first-order valence-electron chi connectivity index (χ1n) is 21.1. The van der Waals surface area contributed by atoms with E-state index in [0.29, 0.717) is 0 Å². The third kappa shape index (κ3) is 5.50. The highest BCUT2D eigenvalue weighted by molar-refractivity contribution is 6.10. The summed E-state index contributed by atoms with van der Waals surface area (Å²) in [5, 5.41) is 4.95. The molecule has 0 N–H and O–H groups in total. The van der Waals surface area contributed by atoms with Crippen molar-refractivity contribution in [2.75, 3.05) is 4.90 Å². The lowest BCUT2D eigenvalue weighted by Crippen LogP contribution is -2.28. The Balaban J connectivity index is 1.15. The smallest absolute Gasteiger partial charge is 0.0714 e. The fourth-order valence-electron chi connectivity index (χ4n) is 10.2. The first-order chi connectivity index (χ1) is 30.3. The molecule has 0 atom stereocenters. The van der Waals surface area contributed by atoms with E-state index in [4.69, 9.17) is 0 Å². The highest BCUT2D eigenvalue weighted by Crippen LogP contribution is 2.58. The monoisotopic (exact) mass is 776 g/mol. The van der Waals surface area contributed by atoms with Crippen LogP contribution in [0.5, 0.6) is 0 Å². The maximum absolute atomic E-state index is 2.48. The molecule has 2 heteroatoms. The molecule has 0 spiro atoms. The number of hydrogen-bond acceptors (Lipinski definition) is 1. The third-order valence-electron chi connectivity index (χ3n) is 12.8. The van der Waals surface area contributed by atoms with E-state index in [1.165, 1.54) is 71.6 Å². The summed E-state index contributed by atoms with van der Waals surface area (Å²) in [6.07, 6.45) is 0. The second kappa shape index (κ2) is 14.1. The average Bonchev–Trinajstić information content (AvgIpc) is 3.81. The predicted molar refractivity (Wildman–Crippen MR) is 256 cm³/mol. The zero-order valence-electron chi connectivity index (χ0n) is 33.5. The van der Waals surface area contributed by atoms with Crippen molar-refractivity contribution in [3.8, 4) is 27.9 Å². The summed E-state index contributed by atoms with van der Waals surface area (Å²) < 4.78 is 2.41. The van der Waals surface area contributed by atoms with Crippen LogP contribution in [0.25, 0.3) is 60.5 Å². The van der Waals surface area contributed by atoms with Crippen LogP contribution in [0.2, 0.25) is 0 Å². The summed E-state index contributed by atoms with van der Waals surface area (Å²) >= 11 is 0. The zero-order chi connectivity index (χ0) is 40.3. The fraction of sp³-hybridized carbons (Fsp3) is 0.0169. The lowest BCUT2D eigenvalue weighted by atomic mass is 9.67. The van der Waals surface area contributed by atoms with Gasteiger partial charge in [0.2, 0.25) is 0 Å². The summed E-state index contributed by atoms with van der Waals surface area (Å²) in [6.45, 7) is 0. The number of rotatable bonds is 7. The van der Waals surface area contributed by atoms with Gasteiger partial charge in [-0.2, -0.15) is 0 Å². The van der Waals surface area contributed by atoms with Crippen LogP contribution in [0, 0.1) is 0 Å². The van der Waals surface area contributed by atoms with E-state index in [-0.39, 0.29) is 0 Å². The molecule has 0 unspecified atom stereocenters. The number of anilines is 3. The average molecular weight is 777 g/mol. The van der Waals surface area contributed by atoms with Crippen molar-refractivity contribution in [1.82, 2.24) is 4.57 Å². The number of benzene rings is 10. The lowest BCUT2D eigenvalue weighted by molar-refractivity contribution is 0.769. The standard InChI is InChI=1S/C59H40N2/c1-5-18-41(19-6-1)42-22-17-29-48(36-42)60(50-33-35-53-52-30-15-16-31-57(52)61(58(53)40-50)47-27-11-4-12-28-47)49-32-34-51-54-37-43-20-13-14-21-44(43)38-55(54)59(56(51)39-49,45-23-7-2-8-24-45)46-25-9-3-10-26-46/h1-40H. The van der Waals surface area contributed by atoms with Gasteiger partial charge in [-0.25, -0.2) is 0 Å². The van der Waals surface area contributed by atoms with Crippen LogP contribution in [0.3, 0.4) is 0 Å². The van der Waals surface area contributed by atoms with E-state index in [1.54, 1.807) is 0 Å². The molecule has 0 saturated heterocycles. The molecular weight excluding hydrogens is 737 g/mol. The van der Waals surface area contributed by atoms with Gasteiger partial charge in [-0.3, -0.25) is 0 Å². The second-order valence-electron chi connectivity index (χ2n) is 16.1. The van der Waals surface area contributed by atoms with E-state index in [1.807, 2.05) is 0 Å². The zero-order valence-corrected chi connectivity index (χ0v) is 33.5. The van der Waals surface area contributed by atoms with Gasteiger partial charge in [0, 0.05) is 33.5 Å². The molecule has 0 saturated carbocycles. The minimum absolute atomic E-state index is 0.561. The van der Waals surface area contributed by atoms with E-state index in [0.717, 1.165) is 28.3 Å². The molecule has 0 aliphatic heterocycles. The van der Waals surface area contributed by atoms with Crippen LogP contribution in [0.1, 0.15) is 22.3 Å². The van der Waals surface area contributed by atoms with Gasteiger partial charge in [0.25, 0.3) is 0 Å². The Morgan fingerprint density at radius 3 is 1.61 bits per heavy atom. The van der Waals surface area contributed by atoms with E-state index in [2.05, 4.69) is 252 Å². The first kappa shape index (κ1) is 35.0. The van der Waals surface area contributed by atoms with Gasteiger partial charge in [-0.15, -0.1) is 0 Å². The Kier molecular flexibility index (Phi) is 8.11. The van der Waals surface area contributed by atoms with Crippen LogP contribution < -0.4 is 4.90 Å². The molecule has 0 radical (unpaired) electrons. The molecular formula is C59H40N2. The topological polar surface area (TPSA) is 8.17 Å². The molecule has 61 heavy (non-hydrogen) atoms. The van der Waals surface area contributed by atoms with Crippen molar-refractivity contribution >= 4 is 49.6 Å². The van der Waals surface area contributed by atoms with Crippen molar-refractivity contribution in [3.63, 3.8) is 0 Å². The molecule has 1 aliphatic rings. The quantitative estimate of drug-likeness (QED) is 0.156. The van der Waals surface area contributed by atoms with Crippen molar-refractivity contribution < 1.29 is 0 Å². The molecule has 0 amide bonds. The van der Waals surface area contributed by atoms with Crippen molar-refractivity contribution in [2.24, 2.45) is 0 Å². The summed E-state index contributed by atoms with van der Waals surface area (Å²) in [5.41, 5.74) is 16.2. The second-order valence-corrected chi connectivity index (χ2v) is 16.1. The molecule has 0 fully saturated rings. The Morgan fingerprint density at radius 1 is 0.328 bits per heavy atom. The van der Waals surface area contributed by atoms with Crippen molar-refractivity contribution in [1.29, 1.82) is 0 Å². The molecule has 11 aromatic rings. The molecule has 12 rings (SSSR count). The Hall–Kier alpha value is -7.94. The van der Waals surface area contributed by atoms with Crippen molar-refractivity contribution in [3.05, 3.63) is 265 Å². The fourth-order valence-corrected chi connectivity index (χ4v) is 10.2. The molecule has 286 valence electrons. The van der Waals surface area contributed by atoms with Crippen LogP contribution >= 0.6 is 0 Å². The minimum atomic E-state index is -0.561. The maximum Gasteiger partial charge on any atom is 0.0714 e. The molecule has 10 aromatic carbocycles. The van der Waals surface area contributed by atoms with Gasteiger partial charge < -0.3 is 9.47 Å². The Labute approximate surface area is 355 Å². The Bertz CT molecular complexity index is 3360. The number of aromatic nitrogens is 1. The van der Waals surface area contributed by atoms with Gasteiger partial charge in [0.15, 0.2) is 0 Å². The van der Waals surface area contributed by atoms with Crippen LogP contribution in [0.15, 0.2) is 243 Å². The number of nitrogens with zero attached hydrogens (tertiary/aromatic N) is 2. The number of para-hydroxylation sites is 2. The van der Waals surface area contributed by atoms with Crippen LogP contribution in [-0.4, -0.2) is 4.57 Å². The highest BCUT2D eigenvalue weighted by Gasteiger charge is 2.46. The summed E-state index contributed by atoms with van der Waals surface area (Å²) in [6, 6.07) is 89.2. The molecule has 1 heterocycles. The van der Waals surface area contributed by atoms with Gasteiger partial charge in [0.05, 0.1) is 16.4 Å². The highest BCUT2D eigenvalue weighted by atomic mass is 15.1. The summed E-state index contributed by atoms with van der Waals surface area (Å²) in [7, 11) is 0. The molecule has 1 aromatic heterocycles. The number of fused-ring (bicyclic) bond motifs is 7. The SMILES string of the molecule is c1ccc(-c2cccc(N(c3ccc4c(c3)C(c3ccccc3)(c3ccccc3)c3cc5ccccc5cc3-4)c3ccc4c5ccccc5n(-c5ccccc5)c4c3)c2)cc1. The molecule has 0 bridgehead atoms. The summed E-state index contributed by atoms with van der Waals surface area (Å²) in [4.78, 5) is 2.46. The van der Waals surface area contributed by atoms with Crippen LogP contribution in [-0.2, 0) is 5.41 Å². The van der Waals surface area contributed by atoms with Gasteiger partial charge >= 0.3 is 0 Å². The molecule has 2 nitrogen and oxygen atoms in total. The first-order valence-corrected chi connectivity index (χ1v) is 21.1. The van der Waals surface area contributed by atoms with E-state index < -0.39 is 5.41 Å². The maximum atomic E-state index is 2.48. The third-order valence-corrected chi connectivity index (χ3v) is 12.8.